The van der Waals surface area contributed by atoms with E-state index in [1.165, 1.54) is 12.8 Å². The smallest absolute Gasteiger partial charge is 0.191 e. The van der Waals surface area contributed by atoms with Crippen molar-refractivity contribution in [2.45, 2.75) is 45.7 Å². The molecule has 3 rings (SSSR count). The van der Waals surface area contributed by atoms with Gasteiger partial charge in [-0.1, -0.05) is 13.8 Å². The Hall–Kier alpha value is -0.840. The molecule has 0 spiro atoms. The van der Waals surface area contributed by atoms with Crippen LogP contribution in [0.5, 0.6) is 0 Å². The number of guanidine groups is 1. The number of furan rings is 1. The van der Waals surface area contributed by atoms with Gasteiger partial charge < -0.3 is 19.8 Å². The highest BCUT2D eigenvalue weighted by Gasteiger charge is 2.27. The largest absolute Gasteiger partial charge is 0.465 e. The summed E-state index contributed by atoms with van der Waals surface area (Å²) in [5, 5.41) is 7.10. The van der Waals surface area contributed by atoms with Crippen molar-refractivity contribution >= 4 is 29.9 Å². The van der Waals surface area contributed by atoms with Crippen LogP contribution in [0.15, 0.2) is 21.5 Å². The van der Waals surface area contributed by atoms with Crippen LogP contribution in [-0.2, 0) is 4.74 Å². The van der Waals surface area contributed by atoms with E-state index in [2.05, 4.69) is 51.4 Å². The van der Waals surface area contributed by atoms with Crippen LogP contribution in [0.2, 0.25) is 0 Å². The van der Waals surface area contributed by atoms with Gasteiger partial charge in [0.1, 0.15) is 11.5 Å². The van der Waals surface area contributed by atoms with Crippen LogP contribution in [0.3, 0.4) is 0 Å². The maximum absolute atomic E-state index is 5.97. The van der Waals surface area contributed by atoms with Crippen LogP contribution in [0.25, 0.3) is 0 Å². The standard InChI is InChI=1S/C22H39N5O2.HI/c1-17(2)19(27-11-13-28-14-12-27)15-24-22(23-4)25-16-20(26-9-5-6-10-26)21-8-7-18(3)29-21;/h7-8,17,19-20H,5-6,9-16H2,1-4H3,(H2,23,24,25);1H. The van der Waals surface area contributed by atoms with Crippen molar-refractivity contribution in [2.75, 3.05) is 59.5 Å². The minimum Gasteiger partial charge on any atom is -0.465 e. The van der Waals surface area contributed by atoms with Gasteiger partial charge in [-0.2, -0.15) is 0 Å². The first-order chi connectivity index (χ1) is 14.1. The highest BCUT2D eigenvalue weighted by Crippen LogP contribution is 2.26. The van der Waals surface area contributed by atoms with Gasteiger partial charge in [0.15, 0.2) is 5.96 Å². The molecule has 0 aromatic carbocycles. The highest BCUT2D eigenvalue weighted by atomic mass is 127. The lowest BCUT2D eigenvalue weighted by atomic mass is 10.0. The van der Waals surface area contributed by atoms with E-state index in [0.717, 1.165) is 70.0 Å². The molecule has 0 radical (unpaired) electrons. The predicted molar refractivity (Wildman–Crippen MR) is 133 cm³/mol. The Labute approximate surface area is 199 Å². The molecule has 2 aliphatic heterocycles. The lowest BCUT2D eigenvalue weighted by Gasteiger charge is -2.37. The Balaban J connectivity index is 0.00000320. The number of aliphatic imine (C=N–C) groups is 1. The molecule has 3 heterocycles. The summed E-state index contributed by atoms with van der Waals surface area (Å²) in [7, 11) is 1.84. The second-order valence-corrected chi connectivity index (χ2v) is 8.50. The van der Waals surface area contributed by atoms with E-state index in [0.29, 0.717) is 12.0 Å². The van der Waals surface area contributed by atoms with E-state index in [1.54, 1.807) is 0 Å². The number of ether oxygens (including phenoxy) is 1. The minimum atomic E-state index is 0. The van der Waals surface area contributed by atoms with E-state index in [4.69, 9.17) is 9.15 Å². The molecule has 0 amide bonds. The summed E-state index contributed by atoms with van der Waals surface area (Å²) in [4.78, 5) is 9.52. The van der Waals surface area contributed by atoms with Crippen LogP contribution in [-0.4, -0.2) is 81.3 Å². The van der Waals surface area contributed by atoms with Crippen molar-refractivity contribution in [3.63, 3.8) is 0 Å². The van der Waals surface area contributed by atoms with Gasteiger partial charge in [0.05, 0.1) is 19.3 Å². The van der Waals surface area contributed by atoms with Crippen molar-refractivity contribution in [3.8, 4) is 0 Å². The summed E-state index contributed by atoms with van der Waals surface area (Å²) in [5.41, 5.74) is 0. The normalized spacial score (nSPS) is 20.8. The highest BCUT2D eigenvalue weighted by molar-refractivity contribution is 14.0. The molecule has 2 aliphatic rings. The van der Waals surface area contributed by atoms with Crippen LogP contribution >= 0.6 is 24.0 Å². The lowest BCUT2D eigenvalue weighted by molar-refractivity contribution is 0.00751. The SMILES string of the molecule is CN=C(NCC(c1ccc(C)o1)N1CCCC1)NCC(C(C)C)N1CCOCC1.I. The third kappa shape index (κ3) is 7.10. The van der Waals surface area contributed by atoms with Gasteiger partial charge in [-0.3, -0.25) is 14.8 Å². The molecule has 0 bridgehead atoms. The molecule has 1 aromatic heterocycles. The molecule has 30 heavy (non-hydrogen) atoms. The molecule has 2 unspecified atom stereocenters. The van der Waals surface area contributed by atoms with Crippen molar-refractivity contribution < 1.29 is 9.15 Å². The maximum Gasteiger partial charge on any atom is 0.191 e. The van der Waals surface area contributed by atoms with Gasteiger partial charge in [0, 0.05) is 39.3 Å². The quantitative estimate of drug-likeness (QED) is 0.305. The number of hydrogen-bond acceptors (Lipinski definition) is 5. The fourth-order valence-electron chi connectivity index (χ4n) is 4.41. The summed E-state index contributed by atoms with van der Waals surface area (Å²) >= 11 is 0. The molecule has 8 heteroatoms. The third-order valence-corrected chi connectivity index (χ3v) is 6.12. The first-order valence-electron chi connectivity index (χ1n) is 11.1. The van der Waals surface area contributed by atoms with E-state index < -0.39 is 0 Å². The Kier molecular flexibility index (Phi) is 10.9. The van der Waals surface area contributed by atoms with Crippen LogP contribution in [0, 0.1) is 12.8 Å². The Bertz CT molecular complexity index is 639. The third-order valence-electron chi connectivity index (χ3n) is 6.12. The number of likely N-dealkylation sites (tertiary alicyclic amines) is 1. The maximum atomic E-state index is 5.97. The van der Waals surface area contributed by atoms with E-state index in [9.17, 15) is 0 Å². The first kappa shape index (κ1) is 25.4. The summed E-state index contributed by atoms with van der Waals surface area (Å²) < 4.78 is 11.5. The van der Waals surface area contributed by atoms with Crippen molar-refractivity contribution in [1.29, 1.82) is 0 Å². The Morgan fingerprint density at radius 2 is 1.70 bits per heavy atom. The molecule has 0 aliphatic carbocycles. The summed E-state index contributed by atoms with van der Waals surface area (Å²) in [6, 6.07) is 4.88. The van der Waals surface area contributed by atoms with Crippen LogP contribution in [0.1, 0.15) is 44.3 Å². The van der Waals surface area contributed by atoms with Crippen LogP contribution < -0.4 is 10.6 Å². The second-order valence-electron chi connectivity index (χ2n) is 8.50. The van der Waals surface area contributed by atoms with Gasteiger partial charge in [-0.05, 0) is 50.9 Å². The average molecular weight is 533 g/mol. The summed E-state index contributed by atoms with van der Waals surface area (Å²) in [5.74, 6) is 3.44. The number of rotatable bonds is 8. The summed E-state index contributed by atoms with van der Waals surface area (Å²) in [6.07, 6.45) is 2.53. The van der Waals surface area contributed by atoms with Gasteiger partial charge in [-0.25, -0.2) is 0 Å². The second kappa shape index (κ2) is 12.9. The van der Waals surface area contributed by atoms with Gasteiger partial charge >= 0.3 is 0 Å². The molecule has 172 valence electrons. The molecule has 0 saturated carbocycles. The molecule has 1 aromatic rings. The molecule has 2 atom stereocenters. The van der Waals surface area contributed by atoms with Gasteiger partial charge in [0.25, 0.3) is 0 Å². The monoisotopic (exact) mass is 533 g/mol. The van der Waals surface area contributed by atoms with E-state index >= 15 is 0 Å². The zero-order chi connectivity index (χ0) is 20.6. The Morgan fingerprint density at radius 1 is 1.03 bits per heavy atom. The number of nitrogens with one attached hydrogen (secondary N) is 2. The zero-order valence-corrected chi connectivity index (χ0v) is 21.4. The summed E-state index contributed by atoms with van der Waals surface area (Å²) in [6.45, 7) is 14.2. The molecule has 7 nitrogen and oxygen atoms in total. The lowest BCUT2D eigenvalue weighted by Crippen LogP contribution is -2.53. The van der Waals surface area contributed by atoms with E-state index in [1.807, 2.05) is 14.0 Å². The zero-order valence-electron chi connectivity index (χ0n) is 19.0. The van der Waals surface area contributed by atoms with Crippen molar-refractivity contribution in [3.05, 3.63) is 23.7 Å². The van der Waals surface area contributed by atoms with Crippen LogP contribution in [0.4, 0.5) is 0 Å². The van der Waals surface area contributed by atoms with E-state index in [-0.39, 0.29) is 30.0 Å². The fourth-order valence-corrected chi connectivity index (χ4v) is 4.41. The van der Waals surface area contributed by atoms with Gasteiger partial charge in [0.2, 0.25) is 0 Å². The molecular formula is C22H40IN5O2. The average Bonchev–Trinajstić information content (AvgIpc) is 3.40. The molecular weight excluding hydrogens is 493 g/mol. The Morgan fingerprint density at radius 3 is 2.27 bits per heavy atom. The molecule has 2 saturated heterocycles. The number of aryl methyl sites for hydroxylation is 1. The first-order valence-corrected chi connectivity index (χ1v) is 11.1. The number of hydrogen-bond donors (Lipinski definition) is 2. The van der Waals surface area contributed by atoms with Gasteiger partial charge in [-0.15, -0.1) is 24.0 Å². The number of halogens is 1. The fraction of sp³-hybridized carbons (Fsp3) is 0.773. The van der Waals surface area contributed by atoms with Crippen molar-refractivity contribution in [1.82, 2.24) is 20.4 Å². The number of nitrogens with zero attached hydrogens (tertiary/aromatic N) is 3. The molecule has 2 N–H and O–H groups in total. The molecule has 2 fully saturated rings. The number of morpholine rings is 1. The predicted octanol–water partition coefficient (Wildman–Crippen LogP) is 2.86. The topological polar surface area (TPSA) is 65.3 Å². The van der Waals surface area contributed by atoms with Crippen molar-refractivity contribution in [2.24, 2.45) is 10.9 Å². The minimum absolute atomic E-state index is 0.